The molecule has 5 heteroatoms. The molecule has 140 valence electrons. The van der Waals surface area contributed by atoms with Crippen LogP contribution in [0.15, 0.2) is 71.2 Å². The summed E-state index contributed by atoms with van der Waals surface area (Å²) in [6.45, 7) is 1.94. The first kappa shape index (κ1) is 18.7. The molecule has 0 aliphatic rings. The van der Waals surface area contributed by atoms with Crippen molar-refractivity contribution in [1.29, 1.82) is 0 Å². The van der Waals surface area contributed by atoms with Crippen molar-refractivity contribution in [2.45, 2.75) is 6.92 Å². The van der Waals surface area contributed by atoms with E-state index in [1.54, 1.807) is 7.11 Å². The average Bonchev–Trinajstić information content (AvgIpc) is 3.07. The fourth-order valence-electron chi connectivity index (χ4n) is 3.00. The molecule has 3 aromatic carbocycles. The number of hydrogen-bond acceptors (Lipinski definition) is 4. The lowest BCUT2D eigenvalue weighted by Gasteiger charge is -2.09. The summed E-state index contributed by atoms with van der Waals surface area (Å²) in [5.41, 5.74) is 1.62. The number of ether oxygens (including phenoxy) is 2. The number of carbonyl (C=O) groups is 1. The molecule has 1 heterocycles. The lowest BCUT2D eigenvalue weighted by atomic mass is 10.0. The molecule has 0 fully saturated rings. The lowest BCUT2D eigenvalue weighted by molar-refractivity contribution is 0.104. The first-order chi connectivity index (χ1) is 13.6. The van der Waals surface area contributed by atoms with E-state index in [2.05, 4.69) is 15.9 Å². The topological polar surface area (TPSA) is 35.5 Å². The Bertz CT molecular complexity index is 1160. The molecule has 0 aliphatic carbocycles. The van der Waals surface area contributed by atoms with Crippen molar-refractivity contribution < 1.29 is 14.3 Å². The second kappa shape index (κ2) is 7.78. The van der Waals surface area contributed by atoms with Crippen LogP contribution in [-0.4, -0.2) is 12.9 Å². The molecule has 4 rings (SSSR count). The number of carbonyl (C=O) groups excluding carboxylic acids is 1. The third-order valence-corrected chi connectivity index (χ3v) is 6.14. The van der Waals surface area contributed by atoms with Gasteiger partial charge < -0.3 is 9.47 Å². The van der Waals surface area contributed by atoms with Crippen molar-refractivity contribution in [1.82, 2.24) is 0 Å². The Labute approximate surface area is 175 Å². The van der Waals surface area contributed by atoms with Gasteiger partial charge in [-0.05, 0) is 55.0 Å². The van der Waals surface area contributed by atoms with Crippen molar-refractivity contribution in [2.24, 2.45) is 0 Å². The molecule has 0 N–H and O–H groups in total. The van der Waals surface area contributed by atoms with E-state index >= 15 is 0 Å². The fraction of sp³-hybridized carbons (Fsp3) is 0.0870. The summed E-state index contributed by atoms with van der Waals surface area (Å²) in [5, 5.41) is 0.894. The first-order valence-electron chi connectivity index (χ1n) is 8.71. The van der Waals surface area contributed by atoms with Crippen LogP contribution in [0, 0.1) is 6.92 Å². The first-order valence-corrected chi connectivity index (χ1v) is 10.3. The summed E-state index contributed by atoms with van der Waals surface area (Å²) >= 11 is 4.86. The second-order valence-electron chi connectivity index (χ2n) is 6.32. The van der Waals surface area contributed by atoms with E-state index in [0.29, 0.717) is 21.9 Å². The van der Waals surface area contributed by atoms with E-state index in [1.165, 1.54) is 11.3 Å². The number of hydrogen-bond donors (Lipinski definition) is 0. The molecule has 0 amide bonds. The highest BCUT2D eigenvalue weighted by Gasteiger charge is 2.23. The minimum atomic E-state index is -0.0367. The summed E-state index contributed by atoms with van der Waals surface area (Å²) in [4.78, 5) is 13.9. The molecular weight excluding hydrogens is 436 g/mol. The Morgan fingerprint density at radius 3 is 2.39 bits per heavy atom. The number of ketones is 1. The molecule has 0 bridgehead atoms. The van der Waals surface area contributed by atoms with Gasteiger partial charge in [0.15, 0.2) is 5.75 Å². The highest BCUT2D eigenvalue weighted by Crippen LogP contribution is 2.43. The van der Waals surface area contributed by atoms with Crippen molar-refractivity contribution in [3.05, 3.63) is 87.2 Å². The normalized spacial score (nSPS) is 10.8. The Balaban J connectivity index is 1.87. The van der Waals surface area contributed by atoms with Crippen molar-refractivity contribution >= 4 is 43.1 Å². The van der Waals surface area contributed by atoms with E-state index < -0.39 is 0 Å². The third-order valence-electron chi connectivity index (χ3n) is 4.48. The predicted molar refractivity (Wildman–Crippen MR) is 117 cm³/mol. The molecule has 4 aromatic rings. The van der Waals surface area contributed by atoms with Crippen LogP contribution in [0.1, 0.15) is 20.8 Å². The summed E-state index contributed by atoms with van der Waals surface area (Å²) in [7, 11) is 1.63. The van der Waals surface area contributed by atoms with Gasteiger partial charge in [-0.3, -0.25) is 4.79 Å². The smallest absolute Gasteiger partial charge is 0.207 e. The van der Waals surface area contributed by atoms with Crippen LogP contribution < -0.4 is 9.47 Å². The second-order valence-corrected chi connectivity index (χ2v) is 8.29. The van der Waals surface area contributed by atoms with E-state index in [0.717, 1.165) is 25.9 Å². The Morgan fingerprint density at radius 2 is 1.68 bits per heavy atom. The van der Waals surface area contributed by atoms with Gasteiger partial charge in [-0.1, -0.05) is 40.2 Å². The minimum absolute atomic E-state index is 0.0367. The summed E-state index contributed by atoms with van der Waals surface area (Å²) in [5.74, 6) is 1.97. The molecule has 0 saturated carbocycles. The highest BCUT2D eigenvalue weighted by atomic mass is 79.9. The van der Waals surface area contributed by atoms with Gasteiger partial charge in [0.2, 0.25) is 5.78 Å². The van der Waals surface area contributed by atoms with Gasteiger partial charge >= 0.3 is 0 Å². The number of benzene rings is 3. The van der Waals surface area contributed by atoms with Gasteiger partial charge in [0.05, 0.1) is 7.11 Å². The molecule has 0 spiro atoms. The lowest BCUT2D eigenvalue weighted by Crippen LogP contribution is -2.03. The van der Waals surface area contributed by atoms with Gasteiger partial charge in [-0.25, -0.2) is 0 Å². The van der Waals surface area contributed by atoms with Crippen molar-refractivity contribution in [3.8, 4) is 17.2 Å². The average molecular weight is 453 g/mol. The number of aryl methyl sites for hydroxylation is 1. The van der Waals surface area contributed by atoms with E-state index in [-0.39, 0.29) is 5.78 Å². The highest BCUT2D eigenvalue weighted by molar-refractivity contribution is 9.10. The maximum absolute atomic E-state index is 13.3. The molecule has 28 heavy (non-hydrogen) atoms. The van der Waals surface area contributed by atoms with Gasteiger partial charge in [-0.2, -0.15) is 0 Å². The molecule has 0 aliphatic heterocycles. The summed E-state index contributed by atoms with van der Waals surface area (Å²) < 4.78 is 13.5. The monoisotopic (exact) mass is 452 g/mol. The Kier molecular flexibility index (Phi) is 5.20. The van der Waals surface area contributed by atoms with Gasteiger partial charge in [0.1, 0.15) is 16.4 Å². The summed E-state index contributed by atoms with van der Waals surface area (Å²) in [6.07, 6.45) is 0. The predicted octanol–water partition coefficient (Wildman–Crippen LogP) is 7.00. The van der Waals surface area contributed by atoms with Gasteiger partial charge in [-0.15, -0.1) is 11.3 Å². The van der Waals surface area contributed by atoms with Crippen LogP contribution in [0.5, 0.6) is 17.2 Å². The van der Waals surface area contributed by atoms with Crippen LogP contribution >= 0.6 is 27.3 Å². The van der Waals surface area contributed by atoms with E-state index in [1.807, 2.05) is 73.7 Å². The van der Waals surface area contributed by atoms with Crippen LogP contribution in [0.4, 0.5) is 0 Å². The molecule has 0 radical (unpaired) electrons. The van der Waals surface area contributed by atoms with Gasteiger partial charge in [0.25, 0.3) is 0 Å². The third kappa shape index (κ3) is 3.55. The molecule has 0 saturated heterocycles. The maximum Gasteiger partial charge on any atom is 0.207 e. The number of halogens is 1. The largest absolute Gasteiger partial charge is 0.497 e. The molecule has 3 nitrogen and oxygen atoms in total. The van der Waals surface area contributed by atoms with Gasteiger partial charge in [0, 0.05) is 20.1 Å². The number of fused-ring (bicyclic) bond motifs is 1. The quantitative estimate of drug-likeness (QED) is 0.305. The molecule has 0 unspecified atom stereocenters. The zero-order chi connectivity index (χ0) is 19.7. The fourth-order valence-corrected chi connectivity index (χ4v) is 4.38. The van der Waals surface area contributed by atoms with Crippen molar-refractivity contribution in [3.63, 3.8) is 0 Å². The zero-order valence-corrected chi connectivity index (χ0v) is 17.8. The Morgan fingerprint density at radius 1 is 0.964 bits per heavy atom. The number of thiophene rings is 1. The maximum atomic E-state index is 13.3. The zero-order valence-electron chi connectivity index (χ0n) is 15.4. The molecular formula is C23H17BrO3S. The minimum Gasteiger partial charge on any atom is -0.497 e. The van der Waals surface area contributed by atoms with Crippen molar-refractivity contribution in [2.75, 3.05) is 7.11 Å². The SMILES string of the molecule is COc1ccc2c(Oc3ccc(Br)cc3)c(C(=O)c3ccccc3C)sc2c1. The Hall–Kier alpha value is -2.63. The van der Waals surface area contributed by atoms with Crippen LogP contribution in [0.2, 0.25) is 0 Å². The standard InChI is InChI=1S/C23H17BrO3S/c1-14-5-3-4-6-18(14)21(25)23-22(27-16-9-7-15(24)8-10-16)19-12-11-17(26-2)13-20(19)28-23/h3-13H,1-2H3. The van der Waals surface area contributed by atoms with E-state index in [4.69, 9.17) is 9.47 Å². The number of rotatable bonds is 5. The van der Waals surface area contributed by atoms with E-state index in [9.17, 15) is 4.79 Å². The molecule has 0 atom stereocenters. The van der Waals surface area contributed by atoms with Crippen LogP contribution in [-0.2, 0) is 0 Å². The van der Waals surface area contributed by atoms with Crippen LogP contribution in [0.3, 0.4) is 0 Å². The molecule has 1 aromatic heterocycles. The number of methoxy groups -OCH3 is 1. The summed E-state index contributed by atoms with van der Waals surface area (Å²) in [6, 6.07) is 20.9. The van der Waals surface area contributed by atoms with Crippen LogP contribution in [0.25, 0.3) is 10.1 Å².